The van der Waals surface area contributed by atoms with Crippen molar-refractivity contribution in [2.75, 3.05) is 6.61 Å². The number of hydrogen-bond donors (Lipinski definition) is 0. The first-order valence-electron chi connectivity index (χ1n) is 9.61. The van der Waals surface area contributed by atoms with Crippen LogP contribution in [-0.4, -0.2) is 42.5 Å². The molecule has 0 N–H and O–H groups in total. The Bertz CT molecular complexity index is 1340. The summed E-state index contributed by atoms with van der Waals surface area (Å²) in [6.07, 6.45) is 0. The Morgan fingerprint density at radius 1 is 1.03 bits per heavy atom. The van der Waals surface area contributed by atoms with Crippen molar-refractivity contribution in [2.24, 2.45) is 0 Å². The highest BCUT2D eigenvalue weighted by Gasteiger charge is 2.22. The van der Waals surface area contributed by atoms with E-state index in [1.807, 2.05) is 19.9 Å². The number of carbonyl (C=O) groups excluding carboxylic acids is 2. The van der Waals surface area contributed by atoms with E-state index in [1.54, 1.807) is 42.7 Å². The zero-order valence-corrected chi connectivity index (χ0v) is 17.5. The van der Waals surface area contributed by atoms with Crippen LogP contribution in [0, 0.1) is 33.5 Å². The van der Waals surface area contributed by atoms with Crippen LogP contribution >= 0.6 is 0 Å². The SMILES string of the molecule is Cc1cc(C)n2nc(C(=O)OCC(=O)c3cc(C)n(-c4ccccc4F)c3C)nc2n1. The lowest BCUT2D eigenvalue weighted by Gasteiger charge is -2.10. The summed E-state index contributed by atoms with van der Waals surface area (Å²) < 4.78 is 22.5. The van der Waals surface area contributed by atoms with Gasteiger partial charge in [0.2, 0.25) is 5.78 Å². The van der Waals surface area contributed by atoms with Crippen LogP contribution in [0.5, 0.6) is 0 Å². The van der Waals surface area contributed by atoms with Crippen molar-refractivity contribution >= 4 is 17.5 Å². The molecule has 0 atom stereocenters. The number of aryl methyl sites for hydroxylation is 3. The van der Waals surface area contributed by atoms with Crippen molar-refractivity contribution in [3.05, 3.63) is 76.4 Å². The molecule has 0 fully saturated rings. The molecule has 158 valence electrons. The summed E-state index contributed by atoms with van der Waals surface area (Å²) in [5, 5.41) is 4.10. The minimum absolute atomic E-state index is 0.175. The van der Waals surface area contributed by atoms with Crippen LogP contribution in [0.1, 0.15) is 43.8 Å². The van der Waals surface area contributed by atoms with E-state index in [4.69, 9.17) is 4.74 Å². The van der Waals surface area contributed by atoms with Crippen molar-refractivity contribution in [1.29, 1.82) is 0 Å². The minimum Gasteiger partial charge on any atom is -0.451 e. The molecular weight excluding hydrogens is 401 g/mol. The molecule has 0 saturated heterocycles. The van der Waals surface area contributed by atoms with Crippen molar-refractivity contribution < 1.29 is 18.7 Å². The maximum absolute atomic E-state index is 14.2. The molecule has 0 aliphatic heterocycles. The summed E-state index contributed by atoms with van der Waals surface area (Å²) in [4.78, 5) is 33.4. The van der Waals surface area contributed by atoms with Gasteiger partial charge in [-0.3, -0.25) is 4.79 Å². The number of hydrogen-bond acceptors (Lipinski definition) is 6. The molecule has 31 heavy (non-hydrogen) atoms. The summed E-state index contributed by atoms with van der Waals surface area (Å²) >= 11 is 0. The van der Waals surface area contributed by atoms with E-state index in [0.29, 0.717) is 22.6 Å². The fourth-order valence-electron chi connectivity index (χ4n) is 3.58. The summed E-state index contributed by atoms with van der Waals surface area (Å²) in [5.41, 5.74) is 3.47. The molecule has 3 heterocycles. The molecule has 0 aliphatic carbocycles. The monoisotopic (exact) mass is 421 g/mol. The highest BCUT2D eigenvalue weighted by atomic mass is 19.1. The average molecular weight is 421 g/mol. The van der Waals surface area contributed by atoms with Crippen LogP contribution in [0.15, 0.2) is 36.4 Å². The first-order chi connectivity index (χ1) is 14.8. The van der Waals surface area contributed by atoms with Crippen LogP contribution in [0.4, 0.5) is 4.39 Å². The Balaban J connectivity index is 1.53. The highest BCUT2D eigenvalue weighted by molar-refractivity contribution is 6.00. The fourth-order valence-corrected chi connectivity index (χ4v) is 3.58. The molecule has 1 aromatic carbocycles. The summed E-state index contributed by atoms with van der Waals surface area (Å²) in [7, 11) is 0. The fraction of sp³-hybridized carbons (Fsp3) is 0.227. The zero-order valence-electron chi connectivity index (χ0n) is 17.5. The number of Topliss-reactive ketones (excluding diaryl/α,β-unsaturated/α-hetero) is 1. The van der Waals surface area contributed by atoms with Gasteiger partial charge in [0.15, 0.2) is 6.61 Å². The average Bonchev–Trinajstić information content (AvgIpc) is 3.28. The van der Waals surface area contributed by atoms with Crippen molar-refractivity contribution in [3.63, 3.8) is 0 Å². The standard InChI is InChI=1S/C22H20FN5O3/c1-12-9-14(3)28-22(24-12)25-20(26-28)21(30)31-11-19(29)16-10-13(2)27(15(16)4)18-8-6-5-7-17(18)23/h5-10H,11H2,1-4H3. The van der Waals surface area contributed by atoms with Crippen molar-refractivity contribution in [3.8, 4) is 5.69 Å². The van der Waals surface area contributed by atoms with Crippen LogP contribution < -0.4 is 0 Å². The molecule has 0 aliphatic rings. The number of aromatic nitrogens is 5. The van der Waals surface area contributed by atoms with Gasteiger partial charge in [0.25, 0.3) is 11.6 Å². The number of carbonyl (C=O) groups is 2. The van der Waals surface area contributed by atoms with Crippen LogP contribution in [0.2, 0.25) is 0 Å². The van der Waals surface area contributed by atoms with E-state index in [9.17, 15) is 14.0 Å². The second-order valence-corrected chi connectivity index (χ2v) is 7.26. The smallest absolute Gasteiger partial charge is 0.378 e. The molecule has 0 radical (unpaired) electrons. The predicted octanol–water partition coefficient (Wildman–Crippen LogP) is 3.33. The number of rotatable bonds is 5. The summed E-state index contributed by atoms with van der Waals surface area (Å²) in [6.45, 7) is 6.65. The lowest BCUT2D eigenvalue weighted by molar-refractivity contribution is 0.0462. The van der Waals surface area contributed by atoms with Gasteiger partial charge in [0, 0.05) is 28.3 Å². The number of para-hydroxylation sites is 1. The number of ether oxygens (including phenoxy) is 1. The number of nitrogens with zero attached hydrogens (tertiary/aromatic N) is 5. The Labute approximate surface area is 177 Å². The summed E-state index contributed by atoms with van der Waals surface area (Å²) in [5.74, 6) is -1.52. The molecule has 3 aromatic heterocycles. The van der Waals surface area contributed by atoms with E-state index in [-0.39, 0.29) is 11.6 Å². The van der Waals surface area contributed by atoms with Gasteiger partial charge >= 0.3 is 5.97 Å². The molecular formula is C22H20FN5O3. The number of ketones is 1. The van der Waals surface area contributed by atoms with E-state index in [0.717, 1.165) is 11.4 Å². The highest BCUT2D eigenvalue weighted by Crippen LogP contribution is 2.23. The van der Waals surface area contributed by atoms with Gasteiger partial charge in [-0.15, -0.1) is 5.10 Å². The van der Waals surface area contributed by atoms with Crippen molar-refractivity contribution in [2.45, 2.75) is 27.7 Å². The first kappa shape index (κ1) is 20.4. The van der Waals surface area contributed by atoms with E-state index < -0.39 is 24.2 Å². The molecule has 4 aromatic rings. The third-order valence-electron chi connectivity index (χ3n) is 4.96. The lowest BCUT2D eigenvalue weighted by Crippen LogP contribution is -2.16. The number of fused-ring (bicyclic) bond motifs is 1. The molecule has 0 bridgehead atoms. The van der Waals surface area contributed by atoms with Gasteiger partial charge in [-0.25, -0.2) is 18.7 Å². The summed E-state index contributed by atoms with van der Waals surface area (Å²) in [6, 6.07) is 9.78. The molecule has 9 heteroatoms. The van der Waals surface area contributed by atoms with Crippen LogP contribution in [0.3, 0.4) is 0 Å². The van der Waals surface area contributed by atoms with Gasteiger partial charge in [-0.1, -0.05) is 12.1 Å². The number of halogens is 1. The Morgan fingerprint density at radius 2 is 1.77 bits per heavy atom. The van der Waals surface area contributed by atoms with E-state index >= 15 is 0 Å². The third-order valence-corrected chi connectivity index (χ3v) is 4.96. The predicted molar refractivity (Wildman–Crippen MR) is 110 cm³/mol. The van der Waals surface area contributed by atoms with Gasteiger partial charge < -0.3 is 9.30 Å². The molecule has 4 rings (SSSR count). The van der Waals surface area contributed by atoms with Crippen LogP contribution in [0.25, 0.3) is 11.5 Å². The van der Waals surface area contributed by atoms with Gasteiger partial charge in [-0.05, 0) is 52.0 Å². The third kappa shape index (κ3) is 3.70. The normalized spacial score (nSPS) is 11.1. The lowest BCUT2D eigenvalue weighted by atomic mass is 10.1. The quantitative estimate of drug-likeness (QED) is 0.363. The molecule has 0 amide bonds. The van der Waals surface area contributed by atoms with Gasteiger partial charge in [0.1, 0.15) is 5.82 Å². The Kier molecular flexibility index (Phi) is 5.10. The minimum atomic E-state index is -0.821. The molecule has 0 spiro atoms. The van der Waals surface area contributed by atoms with Gasteiger partial charge in [0.05, 0.1) is 5.69 Å². The van der Waals surface area contributed by atoms with E-state index in [2.05, 4.69) is 15.1 Å². The largest absolute Gasteiger partial charge is 0.451 e. The molecule has 8 nitrogen and oxygen atoms in total. The Morgan fingerprint density at radius 3 is 2.52 bits per heavy atom. The van der Waals surface area contributed by atoms with Gasteiger partial charge in [-0.2, -0.15) is 4.98 Å². The van der Waals surface area contributed by atoms with E-state index in [1.165, 1.54) is 10.6 Å². The first-order valence-corrected chi connectivity index (χ1v) is 9.61. The maximum Gasteiger partial charge on any atom is 0.378 e. The number of esters is 1. The second kappa shape index (κ2) is 7.75. The number of benzene rings is 1. The second-order valence-electron chi connectivity index (χ2n) is 7.26. The zero-order chi connectivity index (χ0) is 22.3. The van der Waals surface area contributed by atoms with Crippen LogP contribution in [-0.2, 0) is 4.74 Å². The molecule has 0 unspecified atom stereocenters. The Hall–Kier alpha value is -3.88. The topological polar surface area (TPSA) is 91.4 Å². The molecule has 0 saturated carbocycles. The maximum atomic E-state index is 14.2. The van der Waals surface area contributed by atoms with Crippen molar-refractivity contribution in [1.82, 2.24) is 24.1 Å².